The molecule has 0 spiro atoms. The Kier molecular flexibility index (Phi) is 5.81. The maximum atomic E-state index is 12.9. The third-order valence-electron chi connectivity index (χ3n) is 5.92. The lowest BCUT2D eigenvalue weighted by Crippen LogP contribution is -2.39. The van der Waals surface area contributed by atoms with E-state index in [1.807, 2.05) is 44.3 Å². The zero-order valence-corrected chi connectivity index (χ0v) is 17.3. The maximum absolute atomic E-state index is 12.9. The fraction of sp³-hybridized carbons (Fsp3) is 0.320. The van der Waals surface area contributed by atoms with Gasteiger partial charge < -0.3 is 10.2 Å². The van der Waals surface area contributed by atoms with Crippen molar-refractivity contribution in [3.05, 3.63) is 72.3 Å². The molecule has 0 bridgehead atoms. The van der Waals surface area contributed by atoms with Crippen LogP contribution in [-0.2, 0) is 11.3 Å². The molecule has 0 aliphatic carbocycles. The summed E-state index contributed by atoms with van der Waals surface area (Å²) in [7, 11) is 2.02. The highest BCUT2D eigenvalue weighted by Crippen LogP contribution is 2.26. The molecular formula is C25H29N3O. The largest absolute Gasteiger partial charge is 0.371 e. The Morgan fingerprint density at radius 2 is 1.69 bits per heavy atom. The van der Waals surface area contributed by atoms with Crippen molar-refractivity contribution in [2.45, 2.75) is 32.4 Å². The molecule has 3 aromatic carbocycles. The summed E-state index contributed by atoms with van der Waals surface area (Å²) >= 11 is 0. The highest BCUT2D eigenvalue weighted by atomic mass is 16.2. The number of fused-ring (bicyclic) bond motifs is 1. The van der Waals surface area contributed by atoms with E-state index in [0.717, 1.165) is 30.7 Å². The Hall–Kier alpha value is -2.85. The molecule has 1 N–H and O–H groups in total. The van der Waals surface area contributed by atoms with Crippen molar-refractivity contribution in [1.82, 2.24) is 4.90 Å². The van der Waals surface area contributed by atoms with Gasteiger partial charge in [0, 0.05) is 31.0 Å². The molecular weight excluding hydrogens is 358 g/mol. The molecule has 4 heteroatoms. The molecule has 1 heterocycles. The smallest absolute Gasteiger partial charge is 0.241 e. The van der Waals surface area contributed by atoms with E-state index in [-0.39, 0.29) is 11.9 Å². The van der Waals surface area contributed by atoms with Gasteiger partial charge in [0.15, 0.2) is 0 Å². The van der Waals surface area contributed by atoms with Crippen LogP contribution in [0.4, 0.5) is 11.4 Å². The molecule has 0 unspecified atom stereocenters. The van der Waals surface area contributed by atoms with E-state index in [0.29, 0.717) is 0 Å². The standard InChI is InChI=1S/C25H29N3O/c1-19(25(29)26-23-14-13-20-9-3-4-10-21(20)17-23)27(2)18-22-11-5-6-12-24(22)28-15-7-8-16-28/h3-6,9-14,17,19H,7-8,15-16,18H2,1-2H3,(H,26,29)/t19-/m1/s1. The highest BCUT2D eigenvalue weighted by Gasteiger charge is 2.21. The summed E-state index contributed by atoms with van der Waals surface area (Å²) in [5.74, 6) is 0.0152. The Morgan fingerprint density at radius 1 is 1.00 bits per heavy atom. The first-order valence-corrected chi connectivity index (χ1v) is 10.4. The first kappa shape index (κ1) is 19.5. The van der Waals surface area contributed by atoms with Crippen molar-refractivity contribution in [1.29, 1.82) is 0 Å². The molecule has 1 atom stereocenters. The first-order chi connectivity index (χ1) is 14.1. The monoisotopic (exact) mass is 387 g/mol. The van der Waals surface area contributed by atoms with Gasteiger partial charge in [-0.15, -0.1) is 0 Å². The summed E-state index contributed by atoms with van der Waals surface area (Å²) < 4.78 is 0. The van der Waals surface area contributed by atoms with Gasteiger partial charge in [-0.2, -0.15) is 0 Å². The van der Waals surface area contributed by atoms with E-state index in [1.54, 1.807) is 0 Å². The minimum Gasteiger partial charge on any atom is -0.371 e. The van der Waals surface area contributed by atoms with Crippen LogP contribution in [0.25, 0.3) is 10.8 Å². The summed E-state index contributed by atoms with van der Waals surface area (Å²) in [5.41, 5.74) is 3.42. The number of nitrogens with one attached hydrogen (secondary N) is 1. The van der Waals surface area contributed by atoms with Gasteiger partial charge in [0.25, 0.3) is 0 Å². The second-order valence-corrected chi connectivity index (χ2v) is 7.97. The molecule has 1 aliphatic rings. The van der Waals surface area contributed by atoms with E-state index < -0.39 is 0 Å². The Balaban J connectivity index is 1.43. The van der Waals surface area contributed by atoms with Crippen LogP contribution in [-0.4, -0.2) is 37.0 Å². The number of para-hydroxylation sites is 1. The van der Waals surface area contributed by atoms with Gasteiger partial charge in [-0.25, -0.2) is 0 Å². The lowest BCUT2D eigenvalue weighted by Gasteiger charge is -2.27. The number of benzene rings is 3. The van der Waals surface area contributed by atoms with Crippen molar-refractivity contribution >= 4 is 28.1 Å². The summed E-state index contributed by atoms with van der Waals surface area (Å²) in [4.78, 5) is 17.4. The van der Waals surface area contributed by atoms with Crippen LogP contribution in [0.1, 0.15) is 25.3 Å². The minimum atomic E-state index is -0.229. The second-order valence-electron chi connectivity index (χ2n) is 7.97. The van der Waals surface area contributed by atoms with Gasteiger partial charge in [0.05, 0.1) is 6.04 Å². The Labute approximate surface area is 173 Å². The van der Waals surface area contributed by atoms with Crippen LogP contribution < -0.4 is 10.2 Å². The quantitative estimate of drug-likeness (QED) is 0.653. The molecule has 3 aromatic rings. The number of carbonyl (C=O) groups is 1. The number of hydrogen-bond donors (Lipinski definition) is 1. The third kappa shape index (κ3) is 4.43. The number of rotatable bonds is 6. The number of hydrogen-bond acceptors (Lipinski definition) is 3. The maximum Gasteiger partial charge on any atom is 0.241 e. The van der Waals surface area contributed by atoms with Crippen molar-refractivity contribution < 1.29 is 4.79 Å². The van der Waals surface area contributed by atoms with Crippen molar-refractivity contribution in [2.24, 2.45) is 0 Å². The summed E-state index contributed by atoms with van der Waals surface area (Å²) in [6.07, 6.45) is 2.52. The number of nitrogens with zero attached hydrogens (tertiary/aromatic N) is 2. The lowest BCUT2D eigenvalue weighted by atomic mass is 10.1. The summed E-state index contributed by atoms with van der Waals surface area (Å²) in [6, 6.07) is 22.6. The van der Waals surface area contributed by atoms with Crippen LogP contribution in [0.5, 0.6) is 0 Å². The van der Waals surface area contributed by atoms with Crippen molar-refractivity contribution in [3.8, 4) is 0 Å². The van der Waals surface area contributed by atoms with Crippen LogP contribution in [0.3, 0.4) is 0 Å². The van der Waals surface area contributed by atoms with E-state index in [1.165, 1.54) is 29.5 Å². The molecule has 29 heavy (non-hydrogen) atoms. The van der Waals surface area contributed by atoms with E-state index in [9.17, 15) is 4.79 Å². The molecule has 1 fully saturated rings. The molecule has 1 aliphatic heterocycles. The predicted molar refractivity (Wildman–Crippen MR) is 121 cm³/mol. The van der Waals surface area contributed by atoms with E-state index in [4.69, 9.17) is 0 Å². The van der Waals surface area contributed by atoms with Gasteiger partial charge in [-0.1, -0.05) is 48.5 Å². The average molecular weight is 388 g/mol. The van der Waals surface area contributed by atoms with Gasteiger partial charge >= 0.3 is 0 Å². The predicted octanol–water partition coefficient (Wildman–Crippen LogP) is 4.90. The number of anilines is 2. The number of likely N-dealkylation sites (N-methyl/N-ethyl adjacent to an activating group) is 1. The van der Waals surface area contributed by atoms with Crippen molar-refractivity contribution in [2.75, 3.05) is 30.4 Å². The second kappa shape index (κ2) is 8.66. The van der Waals surface area contributed by atoms with Gasteiger partial charge in [0.1, 0.15) is 0 Å². The molecule has 0 saturated carbocycles. The molecule has 4 nitrogen and oxygen atoms in total. The summed E-state index contributed by atoms with van der Waals surface area (Å²) in [5, 5.41) is 5.38. The number of carbonyl (C=O) groups excluding carboxylic acids is 1. The lowest BCUT2D eigenvalue weighted by molar-refractivity contribution is -0.120. The molecule has 150 valence electrons. The van der Waals surface area contributed by atoms with Crippen LogP contribution in [0.2, 0.25) is 0 Å². The fourth-order valence-electron chi connectivity index (χ4n) is 4.03. The van der Waals surface area contributed by atoms with Crippen LogP contribution in [0, 0.1) is 0 Å². The van der Waals surface area contributed by atoms with Gasteiger partial charge in [-0.3, -0.25) is 9.69 Å². The van der Waals surface area contributed by atoms with Crippen molar-refractivity contribution in [3.63, 3.8) is 0 Å². The van der Waals surface area contributed by atoms with Gasteiger partial charge in [0.2, 0.25) is 5.91 Å². The van der Waals surface area contributed by atoms with Gasteiger partial charge in [-0.05, 0) is 61.3 Å². The topological polar surface area (TPSA) is 35.6 Å². The minimum absolute atomic E-state index is 0.0152. The molecule has 1 saturated heterocycles. The fourth-order valence-corrected chi connectivity index (χ4v) is 4.03. The average Bonchev–Trinajstić information content (AvgIpc) is 3.28. The first-order valence-electron chi connectivity index (χ1n) is 10.4. The SMILES string of the molecule is C[C@H](C(=O)Nc1ccc2ccccc2c1)N(C)Cc1ccccc1N1CCCC1. The third-order valence-corrected chi connectivity index (χ3v) is 5.92. The molecule has 0 radical (unpaired) electrons. The molecule has 4 rings (SSSR count). The molecule has 1 amide bonds. The molecule has 0 aromatic heterocycles. The highest BCUT2D eigenvalue weighted by molar-refractivity contribution is 5.97. The van der Waals surface area contributed by atoms with E-state index >= 15 is 0 Å². The Morgan fingerprint density at radius 3 is 2.48 bits per heavy atom. The van der Waals surface area contributed by atoms with E-state index in [2.05, 4.69) is 51.5 Å². The van der Waals surface area contributed by atoms with Crippen LogP contribution in [0.15, 0.2) is 66.7 Å². The normalized spacial score (nSPS) is 15.1. The zero-order chi connectivity index (χ0) is 20.2. The number of amides is 1. The Bertz CT molecular complexity index is 994. The summed E-state index contributed by atoms with van der Waals surface area (Å²) in [6.45, 7) is 4.96. The van der Waals surface area contributed by atoms with Crippen LogP contribution >= 0.6 is 0 Å². The zero-order valence-electron chi connectivity index (χ0n) is 17.3.